The highest BCUT2D eigenvalue weighted by molar-refractivity contribution is 6.17. The summed E-state index contributed by atoms with van der Waals surface area (Å²) in [6, 6.07) is 5.77. The van der Waals surface area contributed by atoms with Gasteiger partial charge in [-0.3, -0.25) is 0 Å². The molecule has 0 saturated heterocycles. The van der Waals surface area contributed by atoms with E-state index in [0.717, 1.165) is 23.5 Å². The molecule has 0 fully saturated rings. The van der Waals surface area contributed by atoms with Crippen molar-refractivity contribution in [1.29, 1.82) is 0 Å². The van der Waals surface area contributed by atoms with Crippen LogP contribution in [0.25, 0.3) is 0 Å². The molecular weight excluding hydrogens is 249 g/mol. The molecule has 0 radical (unpaired) electrons. The molecule has 5 heteroatoms. The van der Waals surface area contributed by atoms with Gasteiger partial charge in [0, 0.05) is 11.4 Å². The second-order valence-electron chi connectivity index (χ2n) is 3.92. The summed E-state index contributed by atoms with van der Waals surface area (Å²) >= 11 is 5.72. The molecule has 1 atom stereocenters. The second kappa shape index (κ2) is 5.13. The lowest BCUT2D eigenvalue weighted by molar-refractivity contribution is 0.174. The van der Waals surface area contributed by atoms with E-state index in [-0.39, 0.29) is 19.2 Å². The third kappa shape index (κ3) is 2.54. The lowest BCUT2D eigenvalue weighted by Gasteiger charge is -2.24. The fraction of sp³-hybridized carbons (Fsp3) is 0.455. The SMILES string of the molecule is CC(N)(CCCl)c1ccc2c(c1)OCO2.Cl. The van der Waals surface area contributed by atoms with Crippen molar-refractivity contribution in [1.82, 2.24) is 0 Å². The van der Waals surface area contributed by atoms with Crippen LogP contribution in [0.1, 0.15) is 18.9 Å². The van der Waals surface area contributed by atoms with Crippen LogP contribution in [0.15, 0.2) is 18.2 Å². The van der Waals surface area contributed by atoms with Crippen molar-refractivity contribution in [3.05, 3.63) is 23.8 Å². The van der Waals surface area contributed by atoms with Crippen molar-refractivity contribution in [2.75, 3.05) is 12.7 Å². The maximum absolute atomic E-state index is 6.16. The van der Waals surface area contributed by atoms with Gasteiger partial charge in [0.25, 0.3) is 0 Å². The van der Waals surface area contributed by atoms with Gasteiger partial charge < -0.3 is 15.2 Å². The minimum Gasteiger partial charge on any atom is -0.454 e. The summed E-state index contributed by atoms with van der Waals surface area (Å²) in [6.07, 6.45) is 0.730. The van der Waals surface area contributed by atoms with Crippen LogP contribution in [-0.2, 0) is 5.54 Å². The standard InChI is InChI=1S/C11H14ClNO2.ClH/c1-11(13,4-5-12)8-2-3-9-10(6-8)15-7-14-9;/h2-3,6H,4-5,7,13H2,1H3;1H. The molecule has 90 valence electrons. The predicted molar refractivity (Wildman–Crippen MR) is 66.7 cm³/mol. The summed E-state index contributed by atoms with van der Waals surface area (Å²) < 4.78 is 10.5. The summed E-state index contributed by atoms with van der Waals surface area (Å²) in [5.41, 5.74) is 6.77. The number of ether oxygens (including phenoxy) is 2. The van der Waals surface area contributed by atoms with E-state index in [1.54, 1.807) is 0 Å². The quantitative estimate of drug-likeness (QED) is 0.853. The zero-order chi connectivity index (χ0) is 10.9. The van der Waals surface area contributed by atoms with E-state index in [9.17, 15) is 0 Å². The minimum atomic E-state index is -0.414. The third-order valence-corrected chi connectivity index (χ3v) is 2.83. The Morgan fingerprint density at radius 1 is 1.38 bits per heavy atom. The first-order chi connectivity index (χ1) is 7.13. The van der Waals surface area contributed by atoms with Crippen LogP contribution in [0, 0.1) is 0 Å². The highest BCUT2D eigenvalue weighted by Gasteiger charge is 2.23. The number of nitrogens with two attached hydrogens (primary N) is 1. The van der Waals surface area contributed by atoms with Crippen molar-refractivity contribution in [2.45, 2.75) is 18.9 Å². The van der Waals surface area contributed by atoms with Gasteiger partial charge in [0.05, 0.1) is 0 Å². The van der Waals surface area contributed by atoms with Gasteiger partial charge in [-0.15, -0.1) is 24.0 Å². The molecule has 0 amide bonds. The summed E-state index contributed by atoms with van der Waals surface area (Å²) in [5.74, 6) is 2.08. The Kier molecular flexibility index (Phi) is 4.30. The van der Waals surface area contributed by atoms with Crippen LogP contribution in [-0.4, -0.2) is 12.7 Å². The molecule has 1 heterocycles. The smallest absolute Gasteiger partial charge is 0.231 e. The monoisotopic (exact) mass is 263 g/mol. The number of hydrogen-bond acceptors (Lipinski definition) is 3. The molecular formula is C11H15Cl2NO2. The highest BCUT2D eigenvalue weighted by Crippen LogP contribution is 2.35. The second-order valence-corrected chi connectivity index (χ2v) is 4.30. The number of rotatable bonds is 3. The summed E-state index contributed by atoms with van der Waals surface area (Å²) in [6.45, 7) is 2.25. The molecule has 0 bridgehead atoms. The number of fused-ring (bicyclic) bond motifs is 1. The van der Waals surface area contributed by atoms with E-state index in [4.69, 9.17) is 26.8 Å². The van der Waals surface area contributed by atoms with Crippen LogP contribution in [0.4, 0.5) is 0 Å². The molecule has 0 saturated carbocycles. The van der Waals surface area contributed by atoms with Gasteiger partial charge in [0.2, 0.25) is 6.79 Å². The van der Waals surface area contributed by atoms with Crippen molar-refractivity contribution < 1.29 is 9.47 Å². The minimum absolute atomic E-state index is 0. The van der Waals surface area contributed by atoms with Gasteiger partial charge in [-0.05, 0) is 31.0 Å². The Balaban J connectivity index is 0.00000128. The van der Waals surface area contributed by atoms with Gasteiger partial charge >= 0.3 is 0 Å². The molecule has 2 N–H and O–H groups in total. The first-order valence-electron chi connectivity index (χ1n) is 4.88. The average molecular weight is 264 g/mol. The number of halogens is 2. The van der Waals surface area contributed by atoms with E-state index < -0.39 is 5.54 Å². The van der Waals surface area contributed by atoms with E-state index in [0.29, 0.717) is 5.88 Å². The normalized spacial score (nSPS) is 16.4. The molecule has 1 aromatic rings. The summed E-state index contributed by atoms with van der Waals surface area (Å²) in [4.78, 5) is 0. The van der Waals surface area contributed by atoms with Crippen molar-refractivity contribution in [3.8, 4) is 11.5 Å². The molecule has 1 aromatic carbocycles. The largest absolute Gasteiger partial charge is 0.454 e. The Labute approximate surface area is 106 Å². The zero-order valence-corrected chi connectivity index (χ0v) is 10.6. The Morgan fingerprint density at radius 2 is 2.06 bits per heavy atom. The molecule has 1 aliphatic rings. The van der Waals surface area contributed by atoms with Crippen molar-refractivity contribution >= 4 is 24.0 Å². The fourth-order valence-electron chi connectivity index (χ4n) is 1.59. The summed E-state index contributed by atoms with van der Waals surface area (Å²) in [7, 11) is 0. The lowest BCUT2D eigenvalue weighted by Crippen LogP contribution is -2.33. The van der Waals surface area contributed by atoms with Crippen LogP contribution in [0.3, 0.4) is 0 Å². The van der Waals surface area contributed by atoms with Crippen LogP contribution in [0.5, 0.6) is 11.5 Å². The average Bonchev–Trinajstić information content (AvgIpc) is 2.63. The maximum atomic E-state index is 6.16. The lowest BCUT2D eigenvalue weighted by atomic mass is 9.90. The van der Waals surface area contributed by atoms with Gasteiger partial charge in [0.15, 0.2) is 11.5 Å². The molecule has 0 aliphatic carbocycles. The van der Waals surface area contributed by atoms with Crippen LogP contribution in [0.2, 0.25) is 0 Å². The zero-order valence-electron chi connectivity index (χ0n) is 9.03. The molecule has 16 heavy (non-hydrogen) atoms. The molecule has 0 spiro atoms. The Bertz CT molecular complexity index is 369. The van der Waals surface area contributed by atoms with E-state index in [2.05, 4.69) is 0 Å². The maximum Gasteiger partial charge on any atom is 0.231 e. The molecule has 2 rings (SSSR count). The molecule has 1 unspecified atom stereocenters. The van der Waals surface area contributed by atoms with E-state index in [1.807, 2.05) is 25.1 Å². The Hall–Kier alpha value is -0.640. The number of hydrogen-bond donors (Lipinski definition) is 1. The number of alkyl halides is 1. The fourth-order valence-corrected chi connectivity index (χ4v) is 1.98. The van der Waals surface area contributed by atoms with Gasteiger partial charge in [-0.25, -0.2) is 0 Å². The van der Waals surface area contributed by atoms with Crippen LogP contribution < -0.4 is 15.2 Å². The topological polar surface area (TPSA) is 44.5 Å². The van der Waals surface area contributed by atoms with Crippen molar-refractivity contribution in [3.63, 3.8) is 0 Å². The Morgan fingerprint density at radius 3 is 2.75 bits per heavy atom. The molecule has 1 aliphatic heterocycles. The van der Waals surface area contributed by atoms with Gasteiger partial charge in [-0.2, -0.15) is 0 Å². The predicted octanol–water partition coefficient (Wildman–Crippen LogP) is 2.64. The molecule has 0 aromatic heterocycles. The summed E-state index contributed by atoms with van der Waals surface area (Å²) in [5, 5.41) is 0. The first kappa shape index (κ1) is 13.4. The van der Waals surface area contributed by atoms with Crippen molar-refractivity contribution in [2.24, 2.45) is 5.73 Å². The van der Waals surface area contributed by atoms with E-state index in [1.165, 1.54) is 0 Å². The van der Waals surface area contributed by atoms with E-state index >= 15 is 0 Å². The van der Waals surface area contributed by atoms with Gasteiger partial charge in [0.1, 0.15) is 0 Å². The highest BCUT2D eigenvalue weighted by atomic mass is 35.5. The first-order valence-corrected chi connectivity index (χ1v) is 5.42. The van der Waals surface area contributed by atoms with Crippen LogP contribution >= 0.6 is 24.0 Å². The molecule has 3 nitrogen and oxygen atoms in total. The number of benzene rings is 1. The third-order valence-electron chi connectivity index (χ3n) is 2.65. The van der Waals surface area contributed by atoms with Gasteiger partial charge in [-0.1, -0.05) is 6.07 Å².